The first-order valence-corrected chi connectivity index (χ1v) is 8.37. The first-order valence-electron chi connectivity index (χ1n) is 7.49. The number of ether oxygens (including phenoxy) is 1. The first kappa shape index (κ1) is 16.8. The molecule has 128 valence electrons. The monoisotopic (exact) mass is 357 g/mol. The average molecular weight is 357 g/mol. The van der Waals surface area contributed by atoms with Crippen LogP contribution in [0.25, 0.3) is 10.6 Å². The van der Waals surface area contributed by atoms with Gasteiger partial charge in [-0.15, -0.1) is 11.3 Å². The van der Waals surface area contributed by atoms with Gasteiger partial charge in [0, 0.05) is 17.0 Å². The molecule has 0 fully saturated rings. The lowest BCUT2D eigenvalue weighted by Gasteiger charge is -2.10. The van der Waals surface area contributed by atoms with E-state index in [-0.39, 0.29) is 11.6 Å². The number of rotatable bonds is 5. The number of carbonyl (C=O) groups is 2. The lowest BCUT2D eigenvalue weighted by Crippen LogP contribution is -2.29. The molecule has 0 spiro atoms. The predicted molar refractivity (Wildman–Crippen MR) is 92.3 cm³/mol. The van der Waals surface area contributed by atoms with Crippen molar-refractivity contribution in [1.82, 2.24) is 10.1 Å². The van der Waals surface area contributed by atoms with Gasteiger partial charge in [-0.2, -0.15) is 0 Å². The second-order valence-electron chi connectivity index (χ2n) is 5.27. The second kappa shape index (κ2) is 7.27. The fourth-order valence-electron chi connectivity index (χ4n) is 2.00. The van der Waals surface area contributed by atoms with Crippen LogP contribution in [0.3, 0.4) is 0 Å². The Hall–Kier alpha value is -3.00. The predicted octanol–water partition coefficient (Wildman–Crippen LogP) is 3.29. The summed E-state index contributed by atoms with van der Waals surface area (Å²) in [5.74, 6) is -0.969. The van der Waals surface area contributed by atoms with Crippen molar-refractivity contribution >= 4 is 29.1 Å². The molecule has 0 saturated carbocycles. The Morgan fingerprint density at radius 3 is 2.72 bits per heavy atom. The molecule has 0 aliphatic carbocycles. The van der Waals surface area contributed by atoms with Gasteiger partial charge >= 0.3 is 5.97 Å². The zero-order valence-electron chi connectivity index (χ0n) is 13.6. The Morgan fingerprint density at radius 1 is 1.28 bits per heavy atom. The molecule has 3 aromatic rings. The number of thiazole rings is 1. The van der Waals surface area contributed by atoms with Crippen LogP contribution in [0.4, 0.5) is 5.88 Å². The summed E-state index contributed by atoms with van der Waals surface area (Å²) in [5, 5.41) is 8.47. The summed E-state index contributed by atoms with van der Waals surface area (Å²) in [6.07, 6.45) is -1.00. The minimum Gasteiger partial charge on any atom is -0.448 e. The van der Waals surface area contributed by atoms with Crippen LogP contribution in [0.5, 0.6) is 0 Å². The molecule has 2 heterocycles. The van der Waals surface area contributed by atoms with E-state index in [4.69, 9.17) is 9.26 Å². The molecular formula is C17H15N3O4S. The molecule has 0 saturated heterocycles. The summed E-state index contributed by atoms with van der Waals surface area (Å²) in [6.45, 7) is 3.20. The van der Waals surface area contributed by atoms with E-state index >= 15 is 0 Å². The van der Waals surface area contributed by atoms with Crippen molar-refractivity contribution in [3.63, 3.8) is 0 Å². The fourth-order valence-corrected chi connectivity index (χ4v) is 2.80. The van der Waals surface area contributed by atoms with Crippen molar-refractivity contribution in [3.8, 4) is 10.6 Å². The number of carbonyl (C=O) groups excluding carboxylic acids is 2. The highest BCUT2D eigenvalue weighted by atomic mass is 32.1. The largest absolute Gasteiger partial charge is 0.448 e. The second-order valence-corrected chi connectivity index (χ2v) is 6.13. The normalized spacial score (nSPS) is 11.8. The van der Waals surface area contributed by atoms with Crippen LogP contribution < -0.4 is 5.32 Å². The van der Waals surface area contributed by atoms with E-state index in [1.54, 1.807) is 18.4 Å². The van der Waals surface area contributed by atoms with E-state index < -0.39 is 18.0 Å². The van der Waals surface area contributed by atoms with Gasteiger partial charge < -0.3 is 9.26 Å². The van der Waals surface area contributed by atoms with E-state index in [0.29, 0.717) is 10.7 Å². The van der Waals surface area contributed by atoms with Crippen molar-refractivity contribution in [2.45, 2.75) is 20.0 Å². The Balaban J connectivity index is 1.62. The SMILES string of the molecule is Cc1cc(NC(=O)C(C)OC(=O)c2csc(-c3ccccc3)n2)on1. The molecule has 2 aromatic heterocycles. The minimum atomic E-state index is -1.00. The fraction of sp³-hybridized carbons (Fsp3) is 0.176. The molecule has 0 bridgehead atoms. The summed E-state index contributed by atoms with van der Waals surface area (Å²) in [6, 6.07) is 11.1. The van der Waals surface area contributed by atoms with E-state index in [1.807, 2.05) is 30.3 Å². The molecule has 1 unspecified atom stereocenters. The minimum absolute atomic E-state index is 0.166. The van der Waals surface area contributed by atoms with Gasteiger partial charge in [0.2, 0.25) is 5.88 Å². The smallest absolute Gasteiger partial charge is 0.358 e. The summed E-state index contributed by atoms with van der Waals surface area (Å²) >= 11 is 1.34. The van der Waals surface area contributed by atoms with Crippen molar-refractivity contribution in [2.24, 2.45) is 0 Å². The number of nitrogens with one attached hydrogen (secondary N) is 1. The topological polar surface area (TPSA) is 94.3 Å². The van der Waals surface area contributed by atoms with Crippen molar-refractivity contribution < 1.29 is 18.8 Å². The number of amides is 1. The molecule has 0 radical (unpaired) electrons. The van der Waals surface area contributed by atoms with Crippen LogP contribution in [0.2, 0.25) is 0 Å². The van der Waals surface area contributed by atoms with Crippen LogP contribution in [0.1, 0.15) is 23.1 Å². The molecule has 0 aliphatic heterocycles. The molecular weight excluding hydrogens is 342 g/mol. The molecule has 8 heteroatoms. The number of esters is 1. The number of hydrogen-bond acceptors (Lipinski definition) is 7. The van der Waals surface area contributed by atoms with Crippen molar-refractivity contribution in [3.05, 3.63) is 53.2 Å². The molecule has 1 N–H and O–H groups in total. The summed E-state index contributed by atoms with van der Waals surface area (Å²) in [4.78, 5) is 28.5. The summed E-state index contributed by atoms with van der Waals surface area (Å²) < 4.78 is 10.1. The van der Waals surface area contributed by atoms with Gasteiger partial charge in [0.05, 0.1) is 5.69 Å². The third kappa shape index (κ3) is 4.10. The molecule has 1 amide bonds. The third-order valence-corrected chi connectivity index (χ3v) is 4.15. The first-order chi connectivity index (χ1) is 12.0. The van der Waals surface area contributed by atoms with Crippen LogP contribution >= 0.6 is 11.3 Å². The number of aromatic nitrogens is 2. The number of nitrogens with zero attached hydrogens (tertiary/aromatic N) is 2. The van der Waals surface area contributed by atoms with Gasteiger partial charge in [-0.1, -0.05) is 35.5 Å². The van der Waals surface area contributed by atoms with Crippen molar-refractivity contribution in [2.75, 3.05) is 5.32 Å². The van der Waals surface area contributed by atoms with E-state index in [9.17, 15) is 9.59 Å². The molecule has 3 rings (SSSR count). The van der Waals surface area contributed by atoms with Crippen molar-refractivity contribution in [1.29, 1.82) is 0 Å². The molecule has 1 aromatic carbocycles. The maximum absolute atomic E-state index is 12.2. The highest BCUT2D eigenvalue weighted by Crippen LogP contribution is 2.23. The van der Waals surface area contributed by atoms with Crippen LogP contribution in [0.15, 0.2) is 46.3 Å². The zero-order chi connectivity index (χ0) is 17.8. The lowest BCUT2D eigenvalue weighted by atomic mass is 10.2. The van der Waals surface area contributed by atoms with Crippen LogP contribution in [0, 0.1) is 6.92 Å². The quantitative estimate of drug-likeness (QED) is 0.704. The van der Waals surface area contributed by atoms with Gasteiger partial charge in [0.15, 0.2) is 11.8 Å². The standard InChI is InChI=1S/C17H15N3O4S/c1-10-8-14(24-20-10)19-15(21)11(2)23-17(22)13-9-25-16(18-13)12-6-4-3-5-7-12/h3-9,11H,1-2H3,(H,19,21). The molecule has 1 atom stereocenters. The van der Waals surface area contributed by atoms with Gasteiger partial charge in [0.1, 0.15) is 5.01 Å². The molecule has 25 heavy (non-hydrogen) atoms. The van der Waals surface area contributed by atoms with E-state index in [0.717, 1.165) is 5.56 Å². The van der Waals surface area contributed by atoms with Crippen LogP contribution in [-0.4, -0.2) is 28.1 Å². The number of aryl methyl sites for hydroxylation is 1. The van der Waals surface area contributed by atoms with Gasteiger partial charge in [-0.05, 0) is 13.8 Å². The van der Waals surface area contributed by atoms with Gasteiger partial charge in [-0.25, -0.2) is 9.78 Å². The van der Waals surface area contributed by atoms with Gasteiger partial charge in [0.25, 0.3) is 5.91 Å². The Bertz CT molecular complexity index is 888. The maximum atomic E-state index is 12.2. The Morgan fingerprint density at radius 2 is 2.04 bits per heavy atom. The Labute approximate surface area is 147 Å². The zero-order valence-corrected chi connectivity index (χ0v) is 14.4. The van der Waals surface area contributed by atoms with Gasteiger partial charge in [-0.3, -0.25) is 10.1 Å². The average Bonchev–Trinajstić information content (AvgIpc) is 3.25. The maximum Gasteiger partial charge on any atom is 0.358 e. The van der Waals surface area contributed by atoms with Crippen LogP contribution in [-0.2, 0) is 9.53 Å². The third-order valence-electron chi connectivity index (χ3n) is 3.26. The lowest BCUT2D eigenvalue weighted by molar-refractivity contribution is -0.123. The van der Waals surface area contributed by atoms with E-state index in [2.05, 4.69) is 15.5 Å². The number of benzene rings is 1. The molecule has 7 nitrogen and oxygen atoms in total. The highest BCUT2D eigenvalue weighted by molar-refractivity contribution is 7.13. The summed E-state index contributed by atoms with van der Waals surface area (Å²) in [5.41, 5.74) is 1.72. The summed E-state index contributed by atoms with van der Waals surface area (Å²) in [7, 11) is 0. The Kier molecular flexibility index (Phi) is 4.90. The van der Waals surface area contributed by atoms with E-state index in [1.165, 1.54) is 18.3 Å². The number of hydrogen-bond donors (Lipinski definition) is 1. The number of anilines is 1. The molecule has 0 aliphatic rings. The highest BCUT2D eigenvalue weighted by Gasteiger charge is 2.22.